The fourth-order valence-corrected chi connectivity index (χ4v) is 2.22. The molecule has 0 spiro atoms. The van der Waals surface area contributed by atoms with Gasteiger partial charge in [0, 0.05) is 31.7 Å². The number of hydrogen-bond donors (Lipinski definition) is 2. The van der Waals surface area contributed by atoms with Crippen LogP contribution in [0.5, 0.6) is 0 Å². The van der Waals surface area contributed by atoms with Crippen molar-refractivity contribution in [3.05, 3.63) is 59.6 Å². The van der Waals surface area contributed by atoms with E-state index in [2.05, 4.69) is 30.6 Å². The van der Waals surface area contributed by atoms with E-state index in [0.717, 1.165) is 13.0 Å². The number of aryl methyl sites for hydroxylation is 1. The number of anilines is 3. The Hall–Kier alpha value is -3.56. The van der Waals surface area contributed by atoms with Gasteiger partial charge in [0.1, 0.15) is 12.1 Å². The molecule has 0 fully saturated rings. The summed E-state index contributed by atoms with van der Waals surface area (Å²) < 4.78 is 1.93. The van der Waals surface area contributed by atoms with Crippen molar-refractivity contribution >= 4 is 23.1 Å². The third-order valence-electron chi connectivity index (χ3n) is 3.36. The predicted octanol–water partition coefficient (Wildman–Crippen LogP) is 2.22. The van der Waals surface area contributed by atoms with Crippen molar-refractivity contribution in [2.24, 2.45) is 0 Å². The number of pyridine rings is 1. The van der Waals surface area contributed by atoms with Crippen LogP contribution in [0.25, 0.3) is 0 Å². The molecule has 128 valence electrons. The van der Waals surface area contributed by atoms with E-state index < -0.39 is 4.92 Å². The Morgan fingerprint density at radius 3 is 2.76 bits per heavy atom. The van der Waals surface area contributed by atoms with Crippen LogP contribution in [-0.4, -0.2) is 36.0 Å². The Labute approximate surface area is 143 Å². The molecule has 3 aromatic heterocycles. The Bertz CT molecular complexity index is 823. The quantitative estimate of drug-likeness (QED) is 0.363. The van der Waals surface area contributed by atoms with Crippen molar-refractivity contribution in [2.75, 3.05) is 17.2 Å². The first-order chi connectivity index (χ1) is 12.2. The number of nitro groups is 1. The average Bonchev–Trinajstić information content (AvgIpc) is 3.13. The Balaban J connectivity index is 1.70. The lowest BCUT2D eigenvalue weighted by atomic mass is 10.3. The van der Waals surface area contributed by atoms with Gasteiger partial charge in [-0.2, -0.15) is 0 Å². The molecule has 0 unspecified atom stereocenters. The normalized spacial score (nSPS) is 10.4. The summed E-state index contributed by atoms with van der Waals surface area (Å²) in [5.74, 6) is 0.732. The van der Waals surface area contributed by atoms with Crippen molar-refractivity contribution in [3.63, 3.8) is 0 Å². The van der Waals surface area contributed by atoms with Crippen molar-refractivity contribution < 1.29 is 4.92 Å². The van der Waals surface area contributed by atoms with Gasteiger partial charge in [-0.25, -0.2) is 19.9 Å². The Morgan fingerprint density at radius 2 is 2.04 bits per heavy atom. The summed E-state index contributed by atoms with van der Waals surface area (Å²) in [6.07, 6.45) is 8.92. The van der Waals surface area contributed by atoms with Gasteiger partial charge in [-0.15, -0.1) is 0 Å². The molecule has 10 nitrogen and oxygen atoms in total. The molecule has 0 saturated heterocycles. The van der Waals surface area contributed by atoms with Crippen LogP contribution in [0.1, 0.15) is 6.42 Å². The molecule has 0 atom stereocenters. The minimum atomic E-state index is -0.510. The summed E-state index contributed by atoms with van der Waals surface area (Å²) in [7, 11) is 0. The first-order valence-corrected chi connectivity index (χ1v) is 7.61. The number of rotatable bonds is 8. The SMILES string of the molecule is O=[N+]([O-])c1c(NCCCn2ccnc2)ncnc1Nc1ccccn1. The van der Waals surface area contributed by atoms with Crippen molar-refractivity contribution in [2.45, 2.75) is 13.0 Å². The van der Waals surface area contributed by atoms with E-state index in [1.807, 2.05) is 10.8 Å². The maximum Gasteiger partial charge on any atom is 0.353 e. The van der Waals surface area contributed by atoms with Gasteiger partial charge in [-0.3, -0.25) is 10.1 Å². The lowest BCUT2D eigenvalue weighted by Gasteiger charge is -2.09. The first kappa shape index (κ1) is 16.3. The van der Waals surface area contributed by atoms with Crippen LogP contribution in [-0.2, 0) is 6.54 Å². The molecule has 0 bridgehead atoms. The van der Waals surface area contributed by atoms with Gasteiger partial charge in [0.15, 0.2) is 0 Å². The minimum absolute atomic E-state index is 0.0933. The van der Waals surface area contributed by atoms with E-state index in [1.165, 1.54) is 6.33 Å². The molecule has 0 aromatic carbocycles. The number of nitrogens with zero attached hydrogens (tertiary/aromatic N) is 6. The molecule has 0 aliphatic heterocycles. The molecule has 3 aromatic rings. The third kappa shape index (κ3) is 4.25. The molecule has 0 aliphatic rings. The monoisotopic (exact) mass is 340 g/mol. The van der Waals surface area contributed by atoms with Gasteiger partial charge >= 0.3 is 5.69 Å². The highest BCUT2D eigenvalue weighted by Crippen LogP contribution is 2.30. The zero-order valence-electron chi connectivity index (χ0n) is 13.2. The number of aromatic nitrogens is 5. The molecule has 0 saturated carbocycles. The predicted molar refractivity (Wildman–Crippen MR) is 91.5 cm³/mol. The molecular weight excluding hydrogens is 324 g/mol. The topological polar surface area (TPSA) is 124 Å². The van der Waals surface area contributed by atoms with Crippen LogP contribution in [0.4, 0.5) is 23.1 Å². The van der Waals surface area contributed by atoms with Crippen LogP contribution in [0.15, 0.2) is 49.4 Å². The number of nitrogens with one attached hydrogen (secondary N) is 2. The summed E-state index contributed by atoms with van der Waals surface area (Å²) in [5, 5.41) is 17.3. The van der Waals surface area contributed by atoms with Gasteiger partial charge in [0.2, 0.25) is 11.6 Å². The molecule has 3 rings (SSSR count). The molecule has 0 amide bonds. The zero-order valence-corrected chi connectivity index (χ0v) is 13.2. The van der Waals surface area contributed by atoms with Gasteiger partial charge in [-0.1, -0.05) is 6.07 Å². The second-order valence-electron chi connectivity index (χ2n) is 5.10. The Morgan fingerprint density at radius 1 is 1.16 bits per heavy atom. The average molecular weight is 340 g/mol. The van der Waals surface area contributed by atoms with E-state index in [9.17, 15) is 10.1 Å². The van der Waals surface area contributed by atoms with Crippen molar-refractivity contribution in [3.8, 4) is 0 Å². The highest BCUT2D eigenvalue weighted by molar-refractivity contribution is 5.72. The second kappa shape index (κ2) is 7.81. The van der Waals surface area contributed by atoms with Crippen molar-refractivity contribution in [1.29, 1.82) is 0 Å². The summed E-state index contributed by atoms with van der Waals surface area (Å²) in [4.78, 5) is 27.0. The zero-order chi connectivity index (χ0) is 17.5. The molecular formula is C15H16N8O2. The van der Waals surface area contributed by atoms with Gasteiger partial charge < -0.3 is 15.2 Å². The fraction of sp³-hybridized carbons (Fsp3) is 0.200. The highest BCUT2D eigenvalue weighted by Gasteiger charge is 2.23. The largest absolute Gasteiger partial charge is 0.364 e. The van der Waals surface area contributed by atoms with Gasteiger partial charge in [0.25, 0.3) is 0 Å². The smallest absolute Gasteiger partial charge is 0.353 e. The maximum absolute atomic E-state index is 11.5. The summed E-state index contributed by atoms with van der Waals surface area (Å²) in [6, 6.07) is 5.23. The van der Waals surface area contributed by atoms with Gasteiger partial charge in [0.05, 0.1) is 11.3 Å². The van der Waals surface area contributed by atoms with Crippen LogP contribution in [0, 0.1) is 10.1 Å². The van der Waals surface area contributed by atoms with Crippen LogP contribution >= 0.6 is 0 Å². The van der Waals surface area contributed by atoms with Crippen LogP contribution in [0.3, 0.4) is 0 Å². The fourth-order valence-electron chi connectivity index (χ4n) is 2.22. The molecule has 10 heteroatoms. The molecule has 0 aliphatic carbocycles. The molecule has 2 N–H and O–H groups in total. The lowest BCUT2D eigenvalue weighted by Crippen LogP contribution is -2.11. The van der Waals surface area contributed by atoms with Crippen molar-refractivity contribution in [1.82, 2.24) is 24.5 Å². The van der Waals surface area contributed by atoms with E-state index in [4.69, 9.17) is 0 Å². The number of imidazole rings is 1. The summed E-state index contributed by atoms with van der Waals surface area (Å²) in [5.41, 5.74) is -0.212. The van der Waals surface area contributed by atoms with E-state index in [-0.39, 0.29) is 17.3 Å². The van der Waals surface area contributed by atoms with E-state index in [0.29, 0.717) is 12.4 Å². The van der Waals surface area contributed by atoms with Crippen LogP contribution < -0.4 is 10.6 Å². The second-order valence-corrected chi connectivity index (χ2v) is 5.10. The molecule has 3 heterocycles. The number of hydrogen-bond acceptors (Lipinski definition) is 8. The lowest BCUT2D eigenvalue weighted by molar-refractivity contribution is -0.383. The standard InChI is InChI=1S/C15H16N8O2/c24-23(25)13-14(18-6-3-8-22-9-7-16-11-22)19-10-20-15(13)21-12-4-1-2-5-17-12/h1-2,4-5,7,9-11H,3,6,8H2,(H2,17,18,19,20,21). The maximum atomic E-state index is 11.5. The Kier molecular flexibility index (Phi) is 5.10. The summed E-state index contributed by atoms with van der Waals surface area (Å²) in [6.45, 7) is 1.28. The van der Waals surface area contributed by atoms with Crippen LogP contribution in [0.2, 0.25) is 0 Å². The molecule has 0 radical (unpaired) electrons. The molecule has 25 heavy (non-hydrogen) atoms. The van der Waals surface area contributed by atoms with E-state index in [1.54, 1.807) is 36.9 Å². The summed E-state index contributed by atoms with van der Waals surface area (Å²) >= 11 is 0. The first-order valence-electron chi connectivity index (χ1n) is 7.61. The minimum Gasteiger partial charge on any atom is -0.364 e. The van der Waals surface area contributed by atoms with Gasteiger partial charge in [-0.05, 0) is 18.6 Å². The third-order valence-corrected chi connectivity index (χ3v) is 3.36. The van der Waals surface area contributed by atoms with E-state index >= 15 is 0 Å². The highest BCUT2D eigenvalue weighted by atomic mass is 16.6.